The summed E-state index contributed by atoms with van der Waals surface area (Å²) in [6.45, 7) is 11.6. The summed E-state index contributed by atoms with van der Waals surface area (Å²) < 4.78 is 2.42. The summed E-state index contributed by atoms with van der Waals surface area (Å²) in [5, 5.41) is 2.38. The third kappa shape index (κ3) is 9.16. The summed E-state index contributed by atoms with van der Waals surface area (Å²) in [6.07, 6.45) is 0. The number of para-hydroxylation sites is 3. The van der Waals surface area contributed by atoms with E-state index in [9.17, 15) is 0 Å². The molecular formula is C86H63BN8. The number of nitrogens with zero attached hydrogens (tertiary/aromatic N) is 8. The summed E-state index contributed by atoms with van der Waals surface area (Å²) >= 11 is 0. The van der Waals surface area contributed by atoms with Crippen molar-refractivity contribution in [1.82, 2.24) is 29.5 Å². The van der Waals surface area contributed by atoms with E-state index in [4.69, 9.17) is 24.9 Å². The molecular weight excluding hydrogens is 1160 g/mol. The molecule has 0 fully saturated rings. The largest absolute Gasteiger partial charge is 0.311 e. The average molecular weight is 1220 g/mol. The maximum absolute atomic E-state index is 5.66. The molecule has 0 amide bonds. The summed E-state index contributed by atoms with van der Waals surface area (Å²) in [4.78, 5) is 32.3. The van der Waals surface area contributed by atoms with Gasteiger partial charge in [0.25, 0.3) is 6.71 Å². The second-order valence-electron chi connectivity index (χ2n) is 26.8. The van der Waals surface area contributed by atoms with Crippen LogP contribution in [0.2, 0.25) is 0 Å². The first-order valence-electron chi connectivity index (χ1n) is 32.8. The molecule has 8 nitrogen and oxygen atoms in total. The molecule has 0 spiro atoms. The Labute approximate surface area is 553 Å². The fraction of sp³-hybridized carbons (Fsp3) is 0.0814. The lowest BCUT2D eigenvalue weighted by molar-refractivity contribution is 0.591. The molecule has 0 unspecified atom stereocenters. The number of benzene rings is 12. The topological polar surface area (TPSA) is 75.9 Å². The van der Waals surface area contributed by atoms with Crippen LogP contribution in [-0.2, 0) is 10.8 Å². The first-order valence-corrected chi connectivity index (χ1v) is 32.8. The number of fused-ring (bicyclic) bond motifs is 6. The molecule has 9 heteroatoms. The molecule has 0 N–H and O–H groups in total. The van der Waals surface area contributed by atoms with Gasteiger partial charge in [-0.05, 0) is 147 Å². The molecule has 4 aliphatic rings. The third-order valence-electron chi connectivity index (χ3n) is 19.8. The van der Waals surface area contributed by atoms with Crippen LogP contribution in [0, 0.1) is 0 Å². The number of anilines is 6. The minimum absolute atomic E-state index is 0.0633. The molecule has 0 saturated heterocycles. The van der Waals surface area contributed by atoms with E-state index in [0.717, 1.165) is 89.6 Å². The van der Waals surface area contributed by atoms with Crippen molar-refractivity contribution in [3.8, 4) is 84.9 Å². The molecule has 0 atom stereocenters. The molecule has 3 aromatic heterocycles. The van der Waals surface area contributed by atoms with Gasteiger partial charge >= 0.3 is 0 Å². The fourth-order valence-corrected chi connectivity index (χ4v) is 15.0. The Kier molecular flexibility index (Phi) is 12.8. The van der Waals surface area contributed by atoms with E-state index in [2.05, 4.69) is 316 Å². The lowest BCUT2D eigenvalue weighted by Gasteiger charge is -2.44. The van der Waals surface area contributed by atoms with Gasteiger partial charge in [0, 0.05) is 83.7 Å². The van der Waals surface area contributed by atoms with Crippen LogP contribution in [-0.4, -0.2) is 36.2 Å². The minimum Gasteiger partial charge on any atom is -0.311 e. The van der Waals surface area contributed by atoms with E-state index in [1.165, 1.54) is 61.0 Å². The zero-order valence-corrected chi connectivity index (χ0v) is 53.4. The molecule has 450 valence electrons. The van der Waals surface area contributed by atoms with Gasteiger partial charge in [0.2, 0.25) is 0 Å². The predicted octanol–water partition coefficient (Wildman–Crippen LogP) is 19.4. The van der Waals surface area contributed by atoms with Crippen molar-refractivity contribution in [3.63, 3.8) is 0 Å². The Morgan fingerprint density at radius 2 is 0.853 bits per heavy atom. The average Bonchev–Trinajstić information content (AvgIpc) is 1.51. The standard InChI is InChI=1S/C86H63BN8/c1-85(2,3)60-42-47-73-65(51-60)66-52-61-43-48-74(66)95(73)75-46-41-58(72-53-71(55-23-9-6-10-24-55)88-81(89-72)56-25-11-7-12-26-56)50-67(75)84-91-82(90-83(92-84)64-31-15-16-32-68(64)86(61,4)5)59-28-21-27-57(49-59)54-39-44-63(45-40-54)94-77-36-20-18-34-70(77)87-69-33-17-19-35-76(69)93(62-29-13-8-14-30-62)78-37-22-38-79(94)80(78)87/h6-53H,1-5H3. The van der Waals surface area contributed by atoms with Crippen molar-refractivity contribution in [2.45, 2.75) is 45.4 Å². The van der Waals surface area contributed by atoms with Crippen LogP contribution in [0.1, 0.15) is 51.3 Å². The lowest BCUT2D eigenvalue weighted by Crippen LogP contribution is -2.61. The highest BCUT2D eigenvalue weighted by Crippen LogP contribution is 2.47. The Hall–Kier alpha value is -11.8. The fourth-order valence-electron chi connectivity index (χ4n) is 15.0. The van der Waals surface area contributed by atoms with Gasteiger partial charge in [0.1, 0.15) is 0 Å². The Morgan fingerprint density at radius 3 is 1.55 bits per heavy atom. The highest BCUT2D eigenvalue weighted by atomic mass is 15.2. The zero-order chi connectivity index (χ0) is 63.7. The van der Waals surface area contributed by atoms with Crippen molar-refractivity contribution in [2.75, 3.05) is 9.80 Å². The second kappa shape index (κ2) is 21.7. The molecule has 12 aromatic carbocycles. The molecule has 7 heterocycles. The predicted molar refractivity (Wildman–Crippen MR) is 393 cm³/mol. The van der Waals surface area contributed by atoms with Crippen molar-refractivity contribution in [3.05, 3.63) is 308 Å². The second-order valence-corrected chi connectivity index (χ2v) is 26.8. The molecule has 0 saturated carbocycles. The van der Waals surface area contributed by atoms with E-state index < -0.39 is 5.41 Å². The number of aromatic nitrogens is 6. The van der Waals surface area contributed by atoms with Crippen LogP contribution < -0.4 is 26.2 Å². The minimum atomic E-state index is -0.473. The maximum atomic E-state index is 5.66. The Balaban J connectivity index is 0.814. The van der Waals surface area contributed by atoms with Crippen molar-refractivity contribution in [1.29, 1.82) is 0 Å². The zero-order valence-electron chi connectivity index (χ0n) is 53.4. The summed E-state index contributed by atoms with van der Waals surface area (Å²) in [5.41, 5.74) is 26.2. The van der Waals surface area contributed by atoms with Crippen molar-refractivity contribution < 1.29 is 0 Å². The number of hydrogen-bond acceptors (Lipinski definition) is 7. The van der Waals surface area contributed by atoms with E-state index in [0.29, 0.717) is 23.3 Å². The SMILES string of the molecule is CC(C)(C)c1ccc2c(c1)c1cc3ccc1n2-c1ccc(-c2cc(-c4ccccc4)nc(-c4ccccc4)n2)cc1-c1nc(-c2cccc(-c4ccc(N5c6ccccc6B6c7ccccc7N(c7ccccc7)c7cccc5c76)cc4)c2)nc(n1)-c1ccccc1C3(C)C. The molecule has 6 bridgehead atoms. The van der Waals surface area contributed by atoms with E-state index in [1.54, 1.807) is 0 Å². The Morgan fingerprint density at radius 1 is 0.337 bits per heavy atom. The van der Waals surface area contributed by atoms with Crippen LogP contribution >= 0.6 is 0 Å². The highest BCUT2D eigenvalue weighted by molar-refractivity contribution is 7.00. The van der Waals surface area contributed by atoms with Crippen molar-refractivity contribution in [2.24, 2.45) is 0 Å². The van der Waals surface area contributed by atoms with Crippen LogP contribution in [0.15, 0.2) is 291 Å². The maximum Gasteiger partial charge on any atom is 0.252 e. The van der Waals surface area contributed by atoms with Gasteiger partial charge in [-0.15, -0.1) is 0 Å². The first-order chi connectivity index (χ1) is 46.5. The van der Waals surface area contributed by atoms with Gasteiger partial charge in [-0.1, -0.05) is 229 Å². The summed E-state index contributed by atoms with van der Waals surface area (Å²) in [5.74, 6) is 2.35. The van der Waals surface area contributed by atoms with Gasteiger partial charge in [-0.25, -0.2) is 24.9 Å². The van der Waals surface area contributed by atoms with E-state index in [1.807, 2.05) is 24.3 Å². The van der Waals surface area contributed by atoms with Gasteiger partial charge in [-0.3, -0.25) is 0 Å². The quantitative estimate of drug-likeness (QED) is 0.147. The number of hydrogen-bond donors (Lipinski definition) is 0. The van der Waals surface area contributed by atoms with Gasteiger partial charge < -0.3 is 14.4 Å². The van der Waals surface area contributed by atoms with Gasteiger partial charge in [0.15, 0.2) is 23.3 Å². The van der Waals surface area contributed by atoms with Crippen LogP contribution in [0.3, 0.4) is 0 Å². The summed E-state index contributed by atoms with van der Waals surface area (Å²) in [6, 6.07) is 105. The third-order valence-corrected chi connectivity index (χ3v) is 19.8. The molecule has 0 radical (unpaired) electrons. The molecule has 95 heavy (non-hydrogen) atoms. The van der Waals surface area contributed by atoms with Crippen LogP contribution in [0.5, 0.6) is 0 Å². The van der Waals surface area contributed by atoms with E-state index in [-0.39, 0.29) is 12.1 Å². The molecule has 4 aliphatic heterocycles. The first kappa shape index (κ1) is 56.0. The molecule has 0 aliphatic carbocycles. The normalized spacial score (nSPS) is 13.3. The number of rotatable bonds is 7. The van der Waals surface area contributed by atoms with E-state index >= 15 is 0 Å². The van der Waals surface area contributed by atoms with Crippen molar-refractivity contribution >= 4 is 79.0 Å². The highest BCUT2D eigenvalue weighted by Gasteiger charge is 2.43. The summed E-state index contributed by atoms with van der Waals surface area (Å²) in [7, 11) is 0. The van der Waals surface area contributed by atoms with Crippen LogP contribution in [0.25, 0.3) is 107 Å². The molecule has 15 aromatic rings. The molecule has 19 rings (SSSR count). The van der Waals surface area contributed by atoms with Gasteiger partial charge in [0.05, 0.1) is 28.1 Å². The monoisotopic (exact) mass is 1220 g/mol. The Bertz CT molecular complexity index is 5520. The van der Waals surface area contributed by atoms with Gasteiger partial charge in [-0.2, -0.15) is 0 Å². The smallest absolute Gasteiger partial charge is 0.252 e. The lowest BCUT2D eigenvalue weighted by atomic mass is 9.33. The van der Waals surface area contributed by atoms with Crippen LogP contribution in [0.4, 0.5) is 34.1 Å².